The summed E-state index contributed by atoms with van der Waals surface area (Å²) in [6, 6.07) is 39.5. The first-order valence-corrected chi connectivity index (χ1v) is 18.0. The third-order valence-corrected chi connectivity index (χ3v) is 10.8. The van der Waals surface area contributed by atoms with E-state index in [4.69, 9.17) is 18.9 Å². The first-order valence-electron chi connectivity index (χ1n) is 17.2. The third-order valence-electron chi connectivity index (χ3n) is 10.00. The zero-order valence-corrected chi connectivity index (χ0v) is 30.7. The van der Waals surface area contributed by atoms with Crippen molar-refractivity contribution < 1.29 is 39.4 Å². The minimum atomic E-state index is 0.0427. The van der Waals surface area contributed by atoms with Crippen LogP contribution in [0.2, 0.25) is 0 Å². The average Bonchev–Trinajstić information content (AvgIpc) is 3.19. The van der Waals surface area contributed by atoms with Crippen LogP contribution in [0.5, 0.6) is 46.0 Å². The molecule has 0 amide bonds. The van der Waals surface area contributed by atoms with Crippen molar-refractivity contribution >= 4 is 15.9 Å². The number of phenolic OH excluding ortho intramolecular Hbond substituents is 4. The number of hydrogen-bond acceptors (Lipinski definition) is 8. The molecule has 0 saturated carbocycles. The Hall–Kier alpha value is -5.80. The highest BCUT2D eigenvalue weighted by Crippen LogP contribution is 2.51. The van der Waals surface area contributed by atoms with Gasteiger partial charge in [-0.05, 0) is 98.8 Å². The van der Waals surface area contributed by atoms with Crippen molar-refractivity contribution in [2.24, 2.45) is 0 Å². The van der Waals surface area contributed by atoms with E-state index in [1.54, 1.807) is 56.7 Å². The summed E-state index contributed by atoms with van der Waals surface area (Å²) in [7, 11) is 3.30. The third kappa shape index (κ3) is 7.43. The molecule has 0 aromatic heterocycles. The molecule has 2 heterocycles. The maximum absolute atomic E-state index is 10.0. The maximum atomic E-state index is 10.0. The zero-order chi connectivity index (χ0) is 37.1. The van der Waals surface area contributed by atoms with Gasteiger partial charge in [-0.15, -0.1) is 0 Å². The molecule has 0 radical (unpaired) electrons. The standard InChI is InChI=1S/C22H19BrO4.C22H20O4/c1-26-16-8-4-14(5-9-16)20-17-10-11-19(25)21(23)22(17)27-12-18(20)13-2-6-15(24)7-3-13;1-25-18-9-4-15(5-10-18)22-19-11-8-17(24)12-21(19)26-13-20(22)14-2-6-16(23)7-3-14/h2-11,18,20,24-25H,12H2,1H3;2-12,20,22-24H,13H2,1H3. The molecular formula is C44H39BrO8. The number of rotatable bonds is 6. The van der Waals surface area contributed by atoms with Crippen molar-refractivity contribution in [3.63, 3.8) is 0 Å². The van der Waals surface area contributed by atoms with Crippen LogP contribution in [0.25, 0.3) is 0 Å². The van der Waals surface area contributed by atoms with Gasteiger partial charge >= 0.3 is 0 Å². The van der Waals surface area contributed by atoms with E-state index in [1.165, 1.54) is 0 Å². The van der Waals surface area contributed by atoms with Crippen molar-refractivity contribution in [2.75, 3.05) is 27.4 Å². The van der Waals surface area contributed by atoms with Crippen LogP contribution in [0.3, 0.4) is 0 Å². The molecule has 0 aliphatic carbocycles. The Morgan fingerprint density at radius 2 is 0.943 bits per heavy atom. The van der Waals surface area contributed by atoms with E-state index in [1.807, 2.05) is 60.7 Å². The Bertz CT molecular complexity index is 2170. The lowest BCUT2D eigenvalue weighted by atomic mass is 9.76. The predicted octanol–water partition coefficient (Wildman–Crippen LogP) is 9.59. The molecule has 0 fully saturated rings. The molecule has 4 N–H and O–H groups in total. The van der Waals surface area contributed by atoms with Gasteiger partial charge in [0.25, 0.3) is 0 Å². The maximum Gasteiger partial charge on any atom is 0.141 e. The number of ether oxygens (including phenoxy) is 4. The van der Waals surface area contributed by atoms with Gasteiger partial charge in [-0.2, -0.15) is 0 Å². The topological polar surface area (TPSA) is 118 Å². The molecule has 6 aromatic carbocycles. The van der Waals surface area contributed by atoms with Crippen molar-refractivity contribution in [3.05, 3.63) is 165 Å². The van der Waals surface area contributed by atoms with Crippen LogP contribution in [-0.2, 0) is 0 Å². The molecule has 2 aliphatic rings. The second kappa shape index (κ2) is 15.4. The number of benzene rings is 6. The van der Waals surface area contributed by atoms with Crippen LogP contribution in [0.15, 0.2) is 132 Å². The zero-order valence-electron chi connectivity index (χ0n) is 29.1. The van der Waals surface area contributed by atoms with E-state index in [0.29, 0.717) is 29.2 Å². The molecule has 4 unspecified atom stereocenters. The van der Waals surface area contributed by atoms with Crippen molar-refractivity contribution in [1.82, 2.24) is 0 Å². The lowest BCUT2D eigenvalue weighted by molar-refractivity contribution is 0.245. The van der Waals surface area contributed by atoms with Crippen LogP contribution in [0, 0.1) is 0 Å². The van der Waals surface area contributed by atoms with Gasteiger partial charge in [0.1, 0.15) is 50.5 Å². The summed E-state index contributed by atoms with van der Waals surface area (Å²) < 4.78 is 23.1. The lowest BCUT2D eigenvalue weighted by Gasteiger charge is -2.35. The summed E-state index contributed by atoms with van der Waals surface area (Å²) >= 11 is 3.45. The molecule has 9 heteroatoms. The average molecular weight is 776 g/mol. The molecule has 0 spiro atoms. The second-order valence-electron chi connectivity index (χ2n) is 13.1. The van der Waals surface area contributed by atoms with E-state index < -0.39 is 0 Å². The molecule has 53 heavy (non-hydrogen) atoms. The summed E-state index contributed by atoms with van der Waals surface area (Å²) in [5, 5.41) is 39.1. The predicted molar refractivity (Wildman–Crippen MR) is 206 cm³/mol. The molecular weight excluding hydrogens is 736 g/mol. The van der Waals surface area contributed by atoms with E-state index in [-0.39, 0.29) is 46.7 Å². The van der Waals surface area contributed by atoms with E-state index in [0.717, 1.165) is 44.9 Å². The van der Waals surface area contributed by atoms with Crippen LogP contribution >= 0.6 is 15.9 Å². The van der Waals surface area contributed by atoms with Gasteiger partial charge in [0.05, 0.1) is 27.4 Å². The lowest BCUT2D eigenvalue weighted by Crippen LogP contribution is -2.25. The van der Waals surface area contributed by atoms with Gasteiger partial charge in [0.15, 0.2) is 0 Å². The summed E-state index contributed by atoms with van der Waals surface area (Å²) in [6.07, 6.45) is 0. The minimum absolute atomic E-state index is 0.0427. The number of hydrogen-bond donors (Lipinski definition) is 4. The first kappa shape index (κ1) is 35.6. The van der Waals surface area contributed by atoms with Crippen molar-refractivity contribution in [2.45, 2.75) is 23.7 Å². The Labute approximate surface area is 316 Å². The number of methoxy groups -OCH3 is 2. The van der Waals surface area contributed by atoms with Gasteiger partial charge in [-0.1, -0.05) is 60.7 Å². The summed E-state index contributed by atoms with van der Waals surface area (Å²) in [4.78, 5) is 0. The van der Waals surface area contributed by atoms with Crippen molar-refractivity contribution in [1.29, 1.82) is 0 Å². The monoisotopic (exact) mass is 774 g/mol. The van der Waals surface area contributed by atoms with E-state index in [9.17, 15) is 20.4 Å². The smallest absolute Gasteiger partial charge is 0.141 e. The summed E-state index contributed by atoms with van der Waals surface area (Å²) in [5.41, 5.74) is 6.52. The molecule has 8 rings (SSSR count). The highest BCUT2D eigenvalue weighted by atomic mass is 79.9. The van der Waals surface area contributed by atoms with E-state index >= 15 is 0 Å². The second-order valence-corrected chi connectivity index (χ2v) is 13.9. The largest absolute Gasteiger partial charge is 0.508 e. The molecule has 2 aliphatic heterocycles. The summed E-state index contributed by atoms with van der Waals surface area (Å²) in [5.74, 6) is 4.13. The van der Waals surface area contributed by atoms with Gasteiger partial charge in [0.2, 0.25) is 0 Å². The van der Waals surface area contributed by atoms with Crippen LogP contribution in [-0.4, -0.2) is 47.9 Å². The summed E-state index contributed by atoms with van der Waals surface area (Å²) in [6.45, 7) is 0.967. The Kier molecular flexibility index (Phi) is 10.4. The molecule has 6 aromatic rings. The fourth-order valence-corrected chi connectivity index (χ4v) is 7.78. The Balaban J connectivity index is 0.000000164. The number of fused-ring (bicyclic) bond motifs is 2. The Morgan fingerprint density at radius 1 is 0.509 bits per heavy atom. The van der Waals surface area contributed by atoms with Crippen LogP contribution in [0.4, 0.5) is 0 Å². The molecule has 4 atom stereocenters. The van der Waals surface area contributed by atoms with Crippen LogP contribution < -0.4 is 18.9 Å². The van der Waals surface area contributed by atoms with Gasteiger partial charge < -0.3 is 39.4 Å². The first-order chi connectivity index (χ1) is 25.7. The number of halogens is 1. The van der Waals surface area contributed by atoms with E-state index in [2.05, 4.69) is 40.2 Å². The normalized spacial score (nSPS) is 18.5. The Morgan fingerprint density at radius 3 is 1.45 bits per heavy atom. The molecule has 270 valence electrons. The molecule has 8 nitrogen and oxygen atoms in total. The van der Waals surface area contributed by atoms with Crippen molar-refractivity contribution in [3.8, 4) is 46.0 Å². The highest BCUT2D eigenvalue weighted by Gasteiger charge is 2.36. The van der Waals surface area contributed by atoms with Gasteiger partial charge in [-0.3, -0.25) is 0 Å². The van der Waals surface area contributed by atoms with Gasteiger partial charge in [-0.25, -0.2) is 0 Å². The minimum Gasteiger partial charge on any atom is -0.508 e. The van der Waals surface area contributed by atoms with Gasteiger partial charge in [0, 0.05) is 40.9 Å². The number of phenols is 4. The fourth-order valence-electron chi connectivity index (χ4n) is 7.30. The quantitative estimate of drug-likeness (QED) is 0.132. The highest BCUT2D eigenvalue weighted by molar-refractivity contribution is 9.10. The fraction of sp³-hybridized carbons (Fsp3) is 0.182. The SMILES string of the molecule is COc1ccc(C2c3ccc(O)c(Br)c3OCC2c2ccc(O)cc2)cc1.COc1ccc(C2c3ccc(O)cc3OCC2c2ccc(O)cc2)cc1. The molecule has 0 saturated heterocycles. The van der Waals surface area contributed by atoms with Crippen LogP contribution in [0.1, 0.15) is 57.1 Å². The number of aromatic hydroxyl groups is 4. The molecule has 0 bridgehead atoms.